The number of hydrogen-bond donors (Lipinski definition) is 12. The number of aliphatic hydroxyl groups is 12. The van der Waals surface area contributed by atoms with Gasteiger partial charge in [-0.2, -0.15) is 52.7 Å². The summed E-state index contributed by atoms with van der Waals surface area (Å²) in [5.41, 5.74) is 0. The maximum absolute atomic E-state index is 11.1. The first kappa shape index (κ1) is 118. The standard InChI is InChI=1S/12C4H5FO2.3Zr/c12*1-3(6)2-4(5)7;;;/h12*2,6H,1H3;;;/b2*3-2+;10*3-2-;;;. The fourth-order valence-corrected chi connectivity index (χ4v) is 1.97. The van der Waals surface area contributed by atoms with Crippen molar-refractivity contribution in [3.05, 3.63) is 142 Å². The smallest absolute Gasteiger partial charge is 0.328 e. The molecule has 0 aromatic rings. The van der Waals surface area contributed by atoms with Crippen molar-refractivity contribution in [1.29, 1.82) is 0 Å². The van der Waals surface area contributed by atoms with Crippen molar-refractivity contribution in [3.8, 4) is 0 Å². The van der Waals surface area contributed by atoms with E-state index in [2.05, 4.69) is 0 Å². The molecular weight excluding hydrogens is 1460 g/mol. The normalized spacial score (nSPS) is 11.0. The van der Waals surface area contributed by atoms with Crippen molar-refractivity contribution >= 4 is 72.4 Å². The van der Waals surface area contributed by atoms with Gasteiger partial charge in [-0.1, -0.05) is 0 Å². The first-order chi connectivity index (χ1) is 37.5. The number of hydrogen-bond acceptors (Lipinski definition) is 24. The SMILES string of the molecule is C/C(O)=C/C(=O)F.C/C(O)=C/C(=O)F.C/C(O)=C/C(=O)F.C/C(O)=C/C(=O)F.C/C(O)=C/C(=O)F.C/C(O)=C/C(=O)F.C/C(O)=C/C(=O)F.C/C(O)=C/C(=O)F.C/C(O)=C/C(=O)F.C/C(O)=C/C(=O)F.C/C(O)=C\C(=O)F.C/C(O)=C\C(=O)F.[Zr].[Zr].[Zr]. The van der Waals surface area contributed by atoms with E-state index in [1.807, 2.05) is 0 Å². The topological polar surface area (TPSA) is 448 Å². The molecule has 0 heterocycles. The Morgan fingerprint density at radius 2 is 0.195 bits per heavy atom. The van der Waals surface area contributed by atoms with Crippen LogP contribution >= 0.6 is 0 Å². The minimum Gasteiger partial charge on any atom is -0.512 e. The molecule has 0 aliphatic rings. The second-order valence-corrected chi connectivity index (χ2v) is 13.1. The molecule has 0 aliphatic heterocycles. The van der Waals surface area contributed by atoms with Crippen LogP contribution in [-0.4, -0.2) is 134 Å². The summed E-state index contributed by atoms with van der Waals surface area (Å²) in [6, 6.07) is -19.5. The Balaban J connectivity index is -0.0000000498. The van der Waals surface area contributed by atoms with Crippen LogP contribution in [0, 0.1) is 0 Å². The van der Waals surface area contributed by atoms with E-state index >= 15 is 0 Å². The molecule has 0 saturated carbocycles. The summed E-state index contributed by atoms with van der Waals surface area (Å²) in [5, 5.41) is 97.5. The number of carbonyl (C=O) groups is 12. The zero-order valence-corrected chi connectivity index (χ0v) is 54.6. The monoisotopic (exact) mass is 1520 g/mol. The molecule has 0 radical (unpaired) electrons. The van der Waals surface area contributed by atoms with Crippen molar-refractivity contribution in [2.75, 3.05) is 0 Å². The van der Waals surface area contributed by atoms with Gasteiger partial charge < -0.3 is 61.3 Å². The molecule has 0 spiro atoms. The molecule has 0 aromatic carbocycles. The number of allylic oxidation sites excluding steroid dienone is 24. The van der Waals surface area contributed by atoms with E-state index in [0.717, 1.165) is 0 Å². The van der Waals surface area contributed by atoms with Crippen LogP contribution in [0.15, 0.2) is 142 Å². The van der Waals surface area contributed by atoms with E-state index in [0.29, 0.717) is 72.9 Å². The van der Waals surface area contributed by atoms with Crippen LogP contribution in [0.4, 0.5) is 52.7 Å². The fourth-order valence-electron chi connectivity index (χ4n) is 1.97. The van der Waals surface area contributed by atoms with E-state index in [-0.39, 0.29) is 148 Å². The van der Waals surface area contributed by atoms with Gasteiger partial charge in [0.25, 0.3) is 0 Å². The van der Waals surface area contributed by atoms with E-state index in [4.69, 9.17) is 61.3 Å². The molecule has 0 bridgehead atoms. The minimum atomic E-state index is -1.62. The van der Waals surface area contributed by atoms with E-state index in [1.165, 1.54) is 83.1 Å². The third kappa shape index (κ3) is 281. The zero-order chi connectivity index (χ0) is 70.3. The van der Waals surface area contributed by atoms with Crippen molar-refractivity contribution in [2.24, 2.45) is 0 Å². The van der Waals surface area contributed by atoms with Crippen molar-refractivity contribution in [3.63, 3.8) is 0 Å². The van der Waals surface area contributed by atoms with E-state index < -0.39 is 72.4 Å². The van der Waals surface area contributed by atoms with Crippen LogP contribution in [0.1, 0.15) is 83.1 Å². The van der Waals surface area contributed by atoms with Gasteiger partial charge in [0.2, 0.25) is 0 Å². The Morgan fingerprint density at radius 1 is 0.161 bits per heavy atom. The fraction of sp³-hybridized carbons (Fsp3) is 0.250. The summed E-state index contributed by atoms with van der Waals surface area (Å²) < 4.78 is 133. The van der Waals surface area contributed by atoms with Crippen LogP contribution in [0.25, 0.3) is 0 Å². The second kappa shape index (κ2) is 80.4. The van der Waals surface area contributed by atoms with Gasteiger partial charge in [-0.3, -0.25) is 57.5 Å². The van der Waals surface area contributed by atoms with Crippen LogP contribution in [0.5, 0.6) is 0 Å². The third-order valence-corrected chi connectivity index (χ3v) is 3.87. The first-order valence-electron chi connectivity index (χ1n) is 20.3. The van der Waals surface area contributed by atoms with Gasteiger partial charge in [-0.25, -0.2) is 0 Å². The molecule has 0 fully saturated rings. The van der Waals surface area contributed by atoms with Gasteiger partial charge in [0.05, 0.1) is 142 Å². The predicted molar refractivity (Wildman–Crippen MR) is 270 cm³/mol. The van der Waals surface area contributed by atoms with Crippen LogP contribution in [-0.2, 0) is 136 Å². The van der Waals surface area contributed by atoms with Gasteiger partial charge in [-0.15, -0.1) is 0 Å². The predicted octanol–water partition coefficient (Wildman–Crippen LogP) is 11.3. The number of rotatable bonds is 12. The van der Waals surface area contributed by atoms with Crippen LogP contribution < -0.4 is 0 Å². The average Bonchev–Trinajstić information content (AvgIpc) is 3.14. The third-order valence-electron chi connectivity index (χ3n) is 3.87. The Bertz CT molecular complexity index is 1850. The number of aliphatic hydroxyl groups excluding tert-OH is 12. The molecule has 0 amide bonds. The van der Waals surface area contributed by atoms with Gasteiger partial charge in [0.1, 0.15) is 0 Å². The van der Waals surface area contributed by atoms with Crippen molar-refractivity contribution < 1.29 is 250 Å². The molecule has 0 saturated heterocycles. The molecule has 0 aromatic heterocycles. The Morgan fingerprint density at radius 3 is 0.195 bits per heavy atom. The van der Waals surface area contributed by atoms with Crippen LogP contribution in [0.2, 0.25) is 0 Å². The molecule has 87 heavy (non-hydrogen) atoms. The number of halogens is 12. The molecule has 24 nitrogen and oxygen atoms in total. The van der Waals surface area contributed by atoms with Gasteiger partial charge >= 0.3 is 72.4 Å². The molecule has 0 atom stereocenters. The van der Waals surface area contributed by atoms with Crippen molar-refractivity contribution in [1.82, 2.24) is 0 Å². The molecule has 39 heteroatoms. The molecule has 0 rings (SSSR count). The molecule has 12 N–H and O–H groups in total. The number of carbonyl (C=O) groups excluding carboxylic acids is 12. The summed E-state index contributed by atoms with van der Waals surface area (Å²) in [4.78, 5) is 112. The Labute approximate surface area is 544 Å². The maximum atomic E-state index is 11.1. The molecular formula is C48H60F12O24Zr3. The van der Waals surface area contributed by atoms with E-state index in [1.54, 1.807) is 0 Å². The Hall–Kier alpha value is -7.67. The molecule has 0 unspecified atom stereocenters. The van der Waals surface area contributed by atoms with Gasteiger partial charge in [0.15, 0.2) is 0 Å². The average molecular weight is 1520 g/mol. The van der Waals surface area contributed by atoms with Crippen molar-refractivity contribution in [2.45, 2.75) is 83.1 Å². The summed E-state index contributed by atoms with van der Waals surface area (Å²) in [5.74, 6) is -3.75. The zero-order valence-electron chi connectivity index (χ0n) is 47.2. The van der Waals surface area contributed by atoms with E-state index in [9.17, 15) is 110 Å². The molecule has 492 valence electrons. The summed E-state index contributed by atoms with van der Waals surface area (Å²) in [6.45, 7) is 14.6. The minimum absolute atomic E-state index is 0. The van der Waals surface area contributed by atoms with Crippen LogP contribution in [0.3, 0.4) is 0 Å². The largest absolute Gasteiger partial charge is 0.512 e. The summed E-state index contributed by atoms with van der Waals surface area (Å²) >= 11 is 0. The van der Waals surface area contributed by atoms with Gasteiger partial charge in [-0.05, 0) is 83.1 Å². The quantitative estimate of drug-likeness (QED) is 0.0374. The summed E-state index contributed by atoms with van der Waals surface area (Å²) in [6.07, 6.45) is 6.00. The Kier molecular flexibility index (Phi) is 109. The molecule has 0 aliphatic carbocycles. The second-order valence-electron chi connectivity index (χ2n) is 13.1. The van der Waals surface area contributed by atoms with Gasteiger partial charge in [0, 0.05) is 78.6 Å². The first-order valence-corrected chi connectivity index (χ1v) is 20.3. The maximum Gasteiger partial charge on any atom is 0.328 e. The summed E-state index contributed by atoms with van der Waals surface area (Å²) in [7, 11) is 0.